The number of nitrogens with one attached hydrogen (secondary N) is 1. The van der Waals surface area contributed by atoms with Crippen LogP contribution in [0, 0.1) is 0 Å². The Bertz CT molecular complexity index is 374. The molecule has 0 saturated carbocycles. The Morgan fingerprint density at radius 2 is 2.27 bits per heavy atom. The molecule has 0 aliphatic carbocycles. The highest BCUT2D eigenvalue weighted by atomic mass is 16.5. The fourth-order valence-corrected chi connectivity index (χ4v) is 1.21. The molecule has 0 aliphatic rings. The Kier molecular flexibility index (Phi) is 3.85. The third kappa shape index (κ3) is 2.80. The summed E-state index contributed by atoms with van der Waals surface area (Å²) >= 11 is 0. The van der Waals surface area contributed by atoms with E-state index in [0.717, 1.165) is 0 Å². The second-order valence-corrected chi connectivity index (χ2v) is 2.96. The summed E-state index contributed by atoms with van der Waals surface area (Å²) in [6.07, 6.45) is 0.557. The highest BCUT2D eigenvalue weighted by Gasteiger charge is 2.06. The molecule has 0 aliphatic heterocycles. The van der Waals surface area contributed by atoms with Gasteiger partial charge in [-0.1, -0.05) is 0 Å². The molecule has 4 nitrogen and oxygen atoms in total. The standard InChI is InChI=1S/C11H13NO3/c1-3-15-11-5-4-9(8(2)14)6-10(11)12-7-13/h4-7H,3H2,1-2H3,(H,12,13). The van der Waals surface area contributed by atoms with Gasteiger partial charge in [-0.3, -0.25) is 9.59 Å². The maximum absolute atomic E-state index is 11.1. The van der Waals surface area contributed by atoms with Crippen molar-refractivity contribution in [1.29, 1.82) is 0 Å². The van der Waals surface area contributed by atoms with Crippen LogP contribution in [0.25, 0.3) is 0 Å². The second kappa shape index (κ2) is 5.14. The predicted octanol–water partition coefficient (Wildman–Crippen LogP) is 1.86. The van der Waals surface area contributed by atoms with Crippen molar-refractivity contribution in [2.45, 2.75) is 13.8 Å². The molecule has 1 amide bonds. The zero-order chi connectivity index (χ0) is 11.3. The molecule has 0 spiro atoms. The lowest BCUT2D eigenvalue weighted by molar-refractivity contribution is -0.105. The number of benzene rings is 1. The van der Waals surface area contributed by atoms with Crippen LogP contribution in [0.2, 0.25) is 0 Å². The first-order valence-corrected chi connectivity index (χ1v) is 4.67. The van der Waals surface area contributed by atoms with Gasteiger partial charge in [0.15, 0.2) is 5.78 Å². The fraction of sp³-hybridized carbons (Fsp3) is 0.273. The number of hydrogen-bond donors (Lipinski definition) is 1. The van der Waals surface area contributed by atoms with Crippen LogP contribution in [0.15, 0.2) is 18.2 Å². The number of amides is 1. The molecule has 0 aromatic heterocycles. The van der Waals surface area contributed by atoms with Crippen molar-refractivity contribution in [3.05, 3.63) is 23.8 Å². The van der Waals surface area contributed by atoms with Gasteiger partial charge in [0.2, 0.25) is 6.41 Å². The van der Waals surface area contributed by atoms with Crippen LogP contribution < -0.4 is 10.1 Å². The Labute approximate surface area is 88.2 Å². The molecule has 0 fully saturated rings. The molecule has 1 rings (SSSR count). The van der Waals surface area contributed by atoms with Crippen LogP contribution in [-0.4, -0.2) is 18.8 Å². The first kappa shape index (κ1) is 11.2. The molecule has 1 N–H and O–H groups in total. The van der Waals surface area contributed by atoms with Crippen molar-refractivity contribution in [2.24, 2.45) is 0 Å². The first-order valence-electron chi connectivity index (χ1n) is 4.67. The molecule has 0 atom stereocenters. The highest BCUT2D eigenvalue weighted by molar-refractivity contribution is 5.96. The van der Waals surface area contributed by atoms with Crippen LogP contribution in [0.1, 0.15) is 24.2 Å². The van der Waals surface area contributed by atoms with Gasteiger partial charge in [0, 0.05) is 5.56 Å². The Morgan fingerprint density at radius 3 is 2.80 bits per heavy atom. The average molecular weight is 207 g/mol. The van der Waals surface area contributed by atoms with E-state index in [0.29, 0.717) is 30.0 Å². The number of rotatable bonds is 5. The molecule has 0 heterocycles. The van der Waals surface area contributed by atoms with Gasteiger partial charge in [0.1, 0.15) is 5.75 Å². The summed E-state index contributed by atoms with van der Waals surface area (Å²) in [5.74, 6) is 0.515. The first-order chi connectivity index (χ1) is 7.19. The van der Waals surface area contributed by atoms with Gasteiger partial charge < -0.3 is 10.1 Å². The van der Waals surface area contributed by atoms with Gasteiger partial charge in [-0.05, 0) is 32.0 Å². The number of carbonyl (C=O) groups is 2. The number of ketones is 1. The molecule has 4 heteroatoms. The maximum Gasteiger partial charge on any atom is 0.211 e. The topological polar surface area (TPSA) is 55.4 Å². The van der Waals surface area contributed by atoms with Crippen molar-refractivity contribution >= 4 is 17.9 Å². The van der Waals surface area contributed by atoms with E-state index in [1.54, 1.807) is 18.2 Å². The van der Waals surface area contributed by atoms with E-state index in [2.05, 4.69) is 5.32 Å². The van der Waals surface area contributed by atoms with E-state index < -0.39 is 0 Å². The van der Waals surface area contributed by atoms with Crippen LogP contribution in [0.5, 0.6) is 5.75 Å². The van der Waals surface area contributed by atoms with Gasteiger partial charge in [0.05, 0.1) is 12.3 Å². The van der Waals surface area contributed by atoms with E-state index in [-0.39, 0.29) is 5.78 Å². The lowest BCUT2D eigenvalue weighted by Gasteiger charge is -2.09. The van der Waals surface area contributed by atoms with Crippen molar-refractivity contribution in [3.63, 3.8) is 0 Å². The molecule has 0 unspecified atom stereocenters. The number of Topliss-reactive ketones (excluding diaryl/α,β-unsaturated/α-hetero) is 1. The molecular formula is C11H13NO3. The third-order valence-electron chi connectivity index (χ3n) is 1.90. The summed E-state index contributed by atoms with van der Waals surface area (Å²) in [7, 11) is 0. The third-order valence-corrected chi connectivity index (χ3v) is 1.90. The molecule has 80 valence electrons. The Morgan fingerprint density at radius 1 is 1.53 bits per heavy atom. The van der Waals surface area contributed by atoms with E-state index in [1.807, 2.05) is 6.92 Å². The average Bonchev–Trinajstić information content (AvgIpc) is 2.21. The molecule has 15 heavy (non-hydrogen) atoms. The SMILES string of the molecule is CCOc1ccc(C(C)=O)cc1NC=O. The van der Waals surface area contributed by atoms with Crippen molar-refractivity contribution < 1.29 is 14.3 Å². The number of anilines is 1. The van der Waals surface area contributed by atoms with Crippen molar-refractivity contribution in [1.82, 2.24) is 0 Å². The van der Waals surface area contributed by atoms with E-state index in [1.165, 1.54) is 6.92 Å². The summed E-state index contributed by atoms with van der Waals surface area (Å²) in [5.41, 5.74) is 1.06. The van der Waals surface area contributed by atoms with E-state index in [9.17, 15) is 9.59 Å². The molecule has 1 aromatic rings. The van der Waals surface area contributed by atoms with Gasteiger partial charge in [-0.25, -0.2) is 0 Å². The second-order valence-electron chi connectivity index (χ2n) is 2.96. The number of ether oxygens (including phenoxy) is 1. The van der Waals surface area contributed by atoms with Crippen LogP contribution >= 0.6 is 0 Å². The summed E-state index contributed by atoms with van der Waals surface area (Å²) in [6, 6.07) is 4.94. The minimum atomic E-state index is -0.0491. The monoisotopic (exact) mass is 207 g/mol. The summed E-state index contributed by atoms with van der Waals surface area (Å²) in [4.78, 5) is 21.5. The molecular weight excluding hydrogens is 194 g/mol. The van der Waals surface area contributed by atoms with Crippen LogP contribution in [0.3, 0.4) is 0 Å². The van der Waals surface area contributed by atoms with Crippen molar-refractivity contribution in [2.75, 3.05) is 11.9 Å². The lowest BCUT2D eigenvalue weighted by atomic mass is 10.1. The normalized spacial score (nSPS) is 9.47. The minimum absolute atomic E-state index is 0.0491. The Balaban J connectivity index is 3.07. The quantitative estimate of drug-likeness (QED) is 0.592. The zero-order valence-electron chi connectivity index (χ0n) is 8.74. The fourth-order valence-electron chi connectivity index (χ4n) is 1.21. The summed E-state index contributed by atoms with van der Waals surface area (Å²) in [6.45, 7) is 3.83. The molecule has 0 bridgehead atoms. The van der Waals surface area contributed by atoms with Gasteiger partial charge in [-0.15, -0.1) is 0 Å². The summed E-state index contributed by atoms with van der Waals surface area (Å²) < 4.78 is 5.29. The highest BCUT2D eigenvalue weighted by Crippen LogP contribution is 2.25. The Hall–Kier alpha value is -1.84. The molecule has 1 aromatic carbocycles. The number of carbonyl (C=O) groups excluding carboxylic acids is 2. The van der Waals surface area contributed by atoms with Crippen molar-refractivity contribution in [3.8, 4) is 5.75 Å². The van der Waals surface area contributed by atoms with Gasteiger partial charge in [0.25, 0.3) is 0 Å². The summed E-state index contributed by atoms with van der Waals surface area (Å²) in [5, 5.41) is 2.50. The predicted molar refractivity (Wildman–Crippen MR) is 57.3 cm³/mol. The van der Waals surface area contributed by atoms with Gasteiger partial charge in [-0.2, -0.15) is 0 Å². The zero-order valence-corrected chi connectivity index (χ0v) is 8.74. The number of hydrogen-bond acceptors (Lipinski definition) is 3. The maximum atomic E-state index is 11.1. The smallest absolute Gasteiger partial charge is 0.211 e. The van der Waals surface area contributed by atoms with E-state index >= 15 is 0 Å². The van der Waals surface area contributed by atoms with Crippen LogP contribution in [-0.2, 0) is 4.79 Å². The largest absolute Gasteiger partial charge is 0.492 e. The lowest BCUT2D eigenvalue weighted by Crippen LogP contribution is -2.02. The van der Waals surface area contributed by atoms with E-state index in [4.69, 9.17) is 4.74 Å². The molecule has 0 radical (unpaired) electrons. The van der Waals surface area contributed by atoms with Crippen LogP contribution in [0.4, 0.5) is 5.69 Å². The minimum Gasteiger partial charge on any atom is -0.492 e. The molecule has 0 saturated heterocycles. The van der Waals surface area contributed by atoms with Gasteiger partial charge >= 0.3 is 0 Å².